The second kappa shape index (κ2) is 13.7. The SMILES string of the molecule is COCCCS(=O)(=O)c1ccc(/C(=N\N2CCCC2)C(=O)Nc2ncc(CN3CCN(C(C)=O)[C@@H](C)C3)s2)cc1. The largest absolute Gasteiger partial charge is 0.385 e. The van der Waals surface area contributed by atoms with Crippen LogP contribution < -0.4 is 5.32 Å². The normalized spacial score (nSPS) is 18.8. The first kappa shape index (κ1) is 30.1. The van der Waals surface area contributed by atoms with E-state index in [4.69, 9.17) is 4.74 Å². The second-order valence-electron chi connectivity index (χ2n) is 10.2. The van der Waals surface area contributed by atoms with Gasteiger partial charge in [-0.05, 0) is 38.3 Å². The van der Waals surface area contributed by atoms with Crippen molar-refractivity contribution in [3.05, 3.63) is 40.9 Å². The van der Waals surface area contributed by atoms with Gasteiger partial charge in [-0.15, -0.1) is 11.3 Å². The predicted molar refractivity (Wildman–Crippen MR) is 155 cm³/mol. The number of amides is 2. The minimum absolute atomic E-state index is 0.00684. The van der Waals surface area contributed by atoms with E-state index in [1.165, 1.54) is 23.5 Å². The fraction of sp³-hybridized carbons (Fsp3) is 0.556. The number of carbonyl (C=O) groups excluding carboxylic acids is 2. The summed E-state index contributed by atoms with van der Waals surface area (Å²) < 4.78 is 30.3. The molecular formula is C27H38N6O5S2. The summed E-state index contributed by atoms with van der Waals surface area (Å²) >= 11 is 1.41. The van der Waals surface area contributed by atoms with E-state index >= 15 is 0 Å². The lowest BCUT2D eigenvalue weighted by Gasteiger charge is -2.39. The molecule has 40 heavy (non-hydrogen) atoms. The minimum Gasteiger partial charge on any atom is -0.385 e. The Morgan fingerprint density at radius 1 is 1.15 bits per heavy atom. The third kappa shape index (κ3) is 7.87. The highest BCUT2D eigenvalue weighted by atomic mass is 32.2. The molecule has 0 bridgehead atoms. The molecule has 2 amide bonds. The summed E-state index contributed by atoms with van der Waals surface area (Å²) in [6.07, 6.45) is 4.19. The molecule has 0 aliphatic carbocycles. The van der Waals surface area contributed by atoms with Crippen molar-refractivity contribution in [2.24, 2.45) is 5.10 Å². The van der Waals surface area contributed by atoms with Crippen LogP contribution in [0.5, 0.6) is 0 Å². The van der Waals surface area contributed by atoms with Crippen molar-refractivity contribution in [1.82, 2.24) is 19.8 Å². The number of piperazine rings is 1. The van der Waals surface area contributed by atoms with E-state index in [2.05, 4.69) is 27.2 Å². The number of methoxy groups -OCH3 is 1. The lowest BCUT2D eigenvalue weighted by Crippen LogP contribution is -2.52. The van der Waals surface area contributed by atoms with E-state index in [9.17, 15) is 18.0 Å². The van der Waals surface area contributed by atoms with Crippen LogP contribution in [-0.2, 0) is 30.7 Å². The van der Waals surface area contributed by atoms with Gasteiger partial charge in [-0.25, -0.2) is 13.4 Å². The Morgan fingerprint density at radius 2 is 1.88 bits per heavy atom. The monoisotopic (exact) mass is 590 g/mol. The van der Waals surface area contributed by atoms with E-state index in [1.807, 2.05) is 9.91 Å². The molecule has 2 fully saturated rings. The van der Waals surface area contributed by atoms with E-state index < -0.39 is 15.7 Å². The quantitative estimate of drug-likeness (QED) is 0.313. The lowest BCUT2D eigenvalue weighted by atomic mass is 10.1. The van der Waals surface area contributed by atoms with Crippen LogP contribution in [0.15, 0.2) is 40.5 Å². The number of hydrazone groups is 1. The first-order chi connectivity index (χ1) is 19.2. The van der Waals surface area contributed by atoms with Crippen molar-refractivity contribution in [3.8, 4) is 0 Å². The van der Waals surface area contributed by atoms with Gasteiger partial charge in [0.1, 0.15) is 0 Å². The lowest BCUT2D eigenvalue weighted by molar-refractivity contribution is -0.133. The smallest absolute Gasteiger partial charge is 0.278 e. The molecule has 3 heterocycles. The maximum absolute atomic E-state index is 13.4. The molecule has 218 valence electrons. The first-order valence-electron chi connectivity index (χ1n) is 13.6. The van der Waals surface area contributed by atoms with Crippen LogP contribution in [0.4, 0.5) is 5.13 Å². The number of thiazole rings is 1. The molecule has 1 aromatic carbocycles. The van der Waals surface area contributed by atoms with Gasteiger partial charge in [0.15, 0.2) is 20.7 Å². The van der Waals surface area contributed by atoms with Gasteiger partial charge >= 0.3 is 0 Å². The summed E-state index contributed by atoms with van der Waals surface area (Å²) in [5.74, 6) is -0.306. The molecular weight excluding hydrogens is 552 g/mol. The van der Waals surface area contributed by atoms with Gasteiger partial charge in [-0.3, -0.25) is 24.8 Å². The molecule has 0 unspecified atom stereocenters. The fourth-order valence-electron chi connectivity index (χ4n) is 4.97. The van der Waals surface area contributed by atoms with Crippen LogP contribution in [0.1, 0.15) is 43.6 Å². The van der Waals surface area contributed by atoms with Crippen LogP contribution in [-0.4, -0.2) is 104 Å². The summed E-state index contributed by atoms with van der Waals surface area (Å²) in [7, 11) is -1.91. The molecule has 2 aliphatic heterocycles. The molecule has 1 N–H and O–H groups in total. The number of rotatable bonds is 11. The number of nitrogens with zero attached hydrogens (tertiary/aromatic N) is 5. The number of hydrogen-bond acceptors (Lipinski definition) is 10. The highest BCUT2D eigenvalue weighted by molar-refractivity contribution is 7.91. The highest BCUT2D eigenvalue weighted by Crippen LogP contribution is 2.23. The van der Waals surface area contributed by atoms with Crippen LogP contribution in [0.3, 0.4) is 0 Å². The van der Waals surface area contributed by atoms with Crippen molar-refractivity contribution in [1.29, 1.82) is 0 Å². The molecule has 1 atom stereocenters. The molecule has 11 nitrogen and oxygen atoms in total. The van der Waals surface area contributed by atoms with Crippen LogP contribution >= 0.6 is 11.3 Å². The number of aromatic nitrogens is 1. The van der Waals surface area contributed by atoms with Crippen molar-refractivity contribution in [2.45, 2.75) is 50.6 Å². The molecule has 0 saturated carbocycles. The summed E-state index contributed by atoms with van der Waals surface area (Å²) in [5, 5.41) is 9.87. The number of hydrogen-bond donors (Lipinski definition) is 1. The summed E-state index contributed by atoms with van der Waals surface area (Å²) in [5.41, 5.74) is 0.755. The number of sulfone groups is 1. The Hall–Kier alpha value is -2.87. The van der Waals surface area contributed by atoms with E-state index in [-0.39, 0.29) is 28.3 Å². The number of nitrogens with one attached hydrogen (secondary N) is 1. The molecule has 2 aromatic rings. The van der Waals surface area contributed by atoms with Gasteiger partial charge in [0.2, 0.25) is 5.91 Å². The van der Waals surface area contributed by atoms with Gasteiger partial charge in [0.25, 0.3) is 5.91 Å². The Bertz CT molecular complexity index is 1300. The molecule has 13 heteroatoms. The zero-order valence-corrected chi connectivity index (χ0v) is 25.0. The van der Waals surface area contributed by atoms with Crippen LogP contribution in [0.25, 0.3) is 0 Å². The third-order valence-electron chi connectivity index (χ3n) is 7.06. The standard InChI is InChI=1S/C27H38N6O5S2/c1-20-18-31(13-14-33(20)21(2)34)19-23-17-28-27(39-23)29-26(35)25(30-32-11-4-5-12-32)22-7-9-24(10-8-22)40(36,37)16-6-15-38-3/h7-10,17,20H,4-6,11-16,18-19H2,1-3H3,(H,28,29,35)/b30-25+/t20-/m0/s1. The Labute approximate surface area is 240 Å². The van der Waals surface area contributed by atoms with Gasteiger partial charge in [0, 0.05) is 82.6 Å². The average molecular weight is 591 g/mol. The third-order valence-corrected chi connectivity index (χ3v) is 9.77. The summed E-state index contributed by atoms with van der Waals surface area (Å²) in [4.78, 5) is 35.0. The topological polar surface area (TPSA) is 125 Å². The zero-order chi connectivity index (χ0) is 28.7. The summed E-state index contributed by atoms with van der Waals surface area (Å²) in [6, 6.07) is 6.46. The van der Waals surface area contributed by atoms with Crippen LogP contribution in [0.2, 0.25) is 0 Å². The van der Waals surface area contributed by atoms with Gasteiger partial charge < -0.3 is 9.64 Å². The summed E-state index contributed by atoms with van der Waals surface area (Å²) in [6.45, 7) is 8.51. The number of anilines is 1. The number of carbonyl (C=O) groups is 2. The maximum atomic E-state index is 13.4. The molecule has 0 radical (unpaired) electrons. The number of ether oxygens (including phenoxy) is 1. The Balaban J connectivity index is 1.44. The van der Waals surface area contributed by atoms with Crippen molar-refractivity contribution < 1.29 is 22.7 Å². The van der Waals surface area contributed by atoms with Crippen molar-refractivity contribution in [2.75, 3.05) is 57.5 Å². The second-order valence-corrected chi connectivity index (χ2v) is 13.4. The highest BCUT2D eigenvalue weighted by Gasteiger charge is 2.26. The predicted octanol–water partition coefficient (Wildman–Crippen LogP) is 2.44. The van der Waals surface area contributed by atoms with E-state index in [0.29, 0.717) is 36.8 Å². The zero-order valence-electron chi connectivity index (χ0n) is 23.3. The maximum Gasteiger partial charge on any atom is 0.278 e. The fourth-order valence-corrected chi connectivity index (χ4v) is 7.10. The minimum atomic E-state index is -3.45. The Morgan fingerprint density at radius 3 is 2.52 bits per heavy atom. The van der Waals surface area contributed by atoms with Crippen molar-refractivity contribution in [3.63, 3.8) is 0 Å². The average Bonchev–Trinajstić information content (AvgIpc) is 3.59. The van der Waals surface area contributed by atoms with E-state index in [0.717, 1.165) is 43.9 Å². The molecule has 2 saturated heterocycles. The number of benzene rings is 1. The van der Waals surface area contributed by atoms with Crippen molar-refractivity contribution >= 4 is 43.8 Å². The van der Waals surface area contributed by atoms with Gasteiger partial charge in [-0.2, -0.15) is 5.10 Å². The molecule has 1 aromatic heterocycles. The first-order valence-corrected chi connectivity index (χ1v) is 16.0. The van der Waals surface area contributed by atoms with Gasteiger partial charge in [0.05, 0.1) is 10.6 Å². The van der Waals surface area contributed by atoms with E-state index in [1.54, 1.807) is 32.4 Å². The molecule has 0 spiro atoms. The van der Waals surface area contributed by atoms with Crippen LogP contribution in [0, 0.1) is 0 Å². The molecule has 2 aliphatic rings. The Kier molecular flexibility index (Phi) is 10.3. The van der Waals surface area contributed by atoms with Gasteiger partial charge in [-0.1, -0.05) is 12.1 Å². The molecule has 4 rings (SSSR count).